The van der Waals surface area contributed by atoms with Crippen LogP contribution in [-0.2, 0) is 22.1 Å². The highest BCUT2D eigenvalue weighted by atomic mass is 32.2. The molecule has 466 valence electrons. The lowest BCUT2D eigenvalue weighted by Crippen LogP contribution is -2.70. The number of hydrogen-bond acceptors (Lipinski definition) is 5. The standard InChI is InChI=1S/C35H23F39O2S3/c1-13(75)76-17-15(11-78-6-3-19(38,39)22(44,45)25(50,51)28(56,57)31(62,63)34(69,70)71)8-14(10-77-5-2-18(36,37)21(42,43)24(48,49)27(54,55)30(60,61)33(66,67)68)9-16(17)12-79-7-4-20(40,41)23(46,47)26(52,53)29(58,59)32(64,65)35(72,73)74/h8-9H,2-7,10-12H2,1H3. The quantitative estimate of drug-likeness (QED) is 0.0361. The van der Waals surface area contributed by atoms with Crippen molar-refractivity contribution in [2.45, 2.75) is 151 Å². The molecule has 2 nitrogen and oxygen atoms in total. The number of alkyl halides is 39. The number of carbonyl (C=O) groups is 1. The third kappa shape index (κ3) is 12.9. The number of hydrogen-bond donors (Lipinski definition) is 0. The van der Waals surface area contributed by atoms with Crippen LogP contribution < -0.4 is 4.74 Å². The number of esters is 1. The van der Waals surface area contributed by atoms with Gasteiger partial charge in [0, 0.05) is 54.6 Å². The van der Waals surface area contributed by atoms with Crippen LogP contribution in [0.3, 0.4) is 0 Å². The van der Waals surface area contributed by atoms with E-state index in [9.17, 15) is 176 Å². The Morgan fingerprint density at radius 1 is 0.329 bits per heavy atom. The molecule has 0 aliphatic heterocycles. The summed E-state index contributed by atoms with van der Waals surface area (Å²) >= 11 is -1.25. The Morgan fingerprint density at radius 3 is 0.734 bits per heavy atom. The van der Waals surface area contributed by atoms with Gasteiger partial charge in [0.05, 0.1) is 0 Å². The van der Waals surface area contributed by atoms with E-state index in [1.807, 2.05) is 0 Å². The molecule has 0 saturated heterocycles. The minimum Gasteiger partial charge on any atom is -0.426 e. The molecular weight excluding hydrogens is 1290 g/mol. The molecule has 0 saturated carbocycles. The summed E-state index contributed by atoms with van der Waals surface area (Å²) in [7, 11) is 0. The van der Waals surface area contributed by atoms with Crippen molar-refractivity contribution >= 4 is 41.3 Å². The van der Waals surface area contributed by atoms with Crippen LogP contribution in [0.25, 0.3) is 0 Å². The first-order valence-corrected chi connectivity index (χ1v) is 22.7. The van der Waals surface area contributed by atoms with Crippen molar-refractivity contribution in [3.05, 3.63) is 28.8 Å². The minimum atomic E-state index is -8.38. The summed E-state index contributed by atoms with van der Waals surface area (Å²) in [5.41, 5.74) is -2.78. The summed E-state index contributed by atoms with van der Waals surface area (Å²) in [6.45, 7) is 0.374. The monoisotopic (exact) mass is 1310 g/mol. The molecule has 0 aliphatic carbocycles. The fourth-order valence-corrected chi connectivity index (χ4v) is 8.34. The Kier molecular flexibility index (Phi) is 21.1. The molecule has 0 spiro atoms. The fourth-order valence-electron chi connectivity index (χ4n) is 5.43. The van der Waals surface area contributed by atoms with Crippen LogP contribution in [0.1, 0.15) is 42.9 Å². The maximum atomic E-state index is 14.4. The molecule has 79 heavy (non-hydrogen) atoms. The number of ether oxygens (including phenoxy) is 1. The van der Waals surface area contributed by atoms with Gasteiger partial charge in [-0.05, 0) is 22.8 Å². The molecule has 0 fully saturated rings. The lowest BCUT2D eigenvalue weighted by Gasteiger charge is -2.39. The first-order valence-electron chi connectivity index (χ1n) is 19.2. The van der Waals surface area contributed by atoms with Crippen LogP contribution in [0, 0.1) is 0 Å². The van der Waals surface area contributed by atoms with Crippen molar-refractivity contribution in [2.24, 2.45) is 0 Å². The SMILES string of the molecule is CC(=O)Oc1c(CSCCC(F)(F)C(F)(F)C(F)(F)C(F)(F)C(F)(F)C(F)(F)F)cc(CSCCC(F)(F)C(F)(F)C(F)(F)C(F)(F)C(F)(F)C(F)(F)F)cc1CSCCC(F)(F)C(F)(F)C(F)(F)C(F)(F)C(F)(F)C(F)(F)F. The van der Waals surface area contributed by atoms with E-state index in [4.69, 9.17) is 4.74 Å². The van der Waals surface area contributed by atoms with Gasteiger partial charge in [-0.2, -0.15) is 207 Å². The predicted octanol–water partition coefficient (Wildman–Crippen LogP) is 17.7. The average Bonchev–Trinajstić information content (AvgIpc) is 3.24. The Balaban J connectivity index is 3.80. The molecule has 0 aliphatic rings. The normalized spacial score (nSPS) is 15.7. The largest absolute Gasteiger partial charge is 0.460 e. The highest BCUT2D eigenvalue weighted by Crippen LogP contribution is 2.64. The zero-order chi connectivity index (χ0) is 63.5. The van der Waals surface area contributed by atoms with Gasteiger partial charge < -0.3 is 4.74 Å². The Hall–Kier alpha value is -2.99. The molecule has 0 radical (unpaired) electrons. The molecule has 0 unspecified atom stereocenters. The molecule has 0 amide bonds. The van der Waals surface area contributed by atoms with Crippen LogP contribution >= 0.6 is 35.3 Å². The van der Waals surface area contributed by atoms with E-state index in [1.54, 1.807) is 0 Å². The average molecular weight is 1310 g/mol. The van der Waals surface area contributed by atoms with Gasteiger partial charge in [-0.1, -0.05) is 12.1 Å². The lowest BCUT2D eigenvalue weighted by molar-refractivity contribution is -0.439. The Bertz CT molecular complexity index is 2140. The highest BCUT2D eigenvalue weighted by Gasteiger charge is 2.93. The van der Waals surface area contributed by atoms with Gasteiger partial charge in [-0.15, -0.1) is 0 Å². The van der Waals surface area contributed by atoms with Crippen molar-refractivity contribution in [3.8, 4) is 5.75 Å². The van der Waals surface area contributed by atoms with Gasteiger partial charge in [0.25, 0.3) is 0 Å². The van der Waals surface area contributed by atoms with E-state index in [-0.39, 0.29) is 11.8 Å². The highest BCUT2D eigenvalue weighted by molar-refractivity contribution is 7.99. The smallest absolute Gasteiger partial charge is 0.426 e. The molecule has 1 aromatic rings. The number of thioether (sulfide) groups is 3. The third-order valence-electron chi connectivity index (χ3n) is 10.0. The summed E-state index contributed by atoms with van der Waals surface area (Å²) < 4.78 is 533. The molecule has 0 atom stereocenters. The summed E-state index contributed by atoms with van der Waals surface area (Å²) in [4.78, 5) is 11.9. The van der Waals surface area contributed by atoms with Gasteiger partial charge in [0.15, 0.2) is 0 Å². The van der Waals surface area contributed by atoms with E-state index < -0.39 is 213 Å². The van der Waals surface area contributed by atoms with Gasteiger partial charge in [0.1, 0.15) is 5.75 Å². The summed E-state index contributed by atoms with van der Waals surface area (Å²) in [5.74, 6) is -131. The van der Waals surface area contributed by atoms with Crippen molar-refractivity contribution in [2.75, 3.05) is 17.3 Å². The van der Waals surface area contributed by atoms with Gasteiger partial charge in [0.2, 0.25) is 0 Å². The molecule has 1 aromatic carbocycles. The van der Waals surface area contributed by atoms with Gasteiger partial charge >= 0.3 is 113 Å². The number of benzene rings is 1. The fraction of sp³-hybridized carbons (Fsp3) is 0.800. The second-order valence-corrected chi connectivity index (χ2v) is 19.1. The van der Waals surface area contributed by atoms with Gasteiger partial charge in [-0.3, -0.25) is 4.79 Å². The van der Waals surface area contributed by atoms with E-state index >= 15 is 0 Å². The van der Waals surface area contributed by atoms with Crippen molar-refractivity contribution < 1.29 is 181 Å². The van der Waals surface area contributed by atoms with Crippen LogP contribution in [0.5, 0.6) is 5.75 Å². The minimum absolute atomic E-state index is 0.374. The molecule has 0 heterocycles. The van der Waals surface area contributed by atoms with Gasteiger partial charge in [-0.25, -0.2) is 0 Å². The van der Waals surface area contributed by atoms with E-state index in [0.717, 1.165) is 0 Å². The van der Waals surface area contributed by atoms with Crippen molar-refractivity contribution in [3.63, 3.8) is 0 Å². The summed E-state index contributed by atoms with van der Waals surface area (Å²) in [6.07, 6.45) is -32.4. The van der Waals surface area contributed by atoms with Crippen molar-refractivity contribution in [1.82, 2.24) is 0 Å². The molecule has 0 N–H and O–H groups in total. The summed E-state index contributed by atoms with van der Waals surface area (Å²) in [5, 5.41) is 0. The molecule has 1 rings (SSSR count). The third-order valence-corrected chi connectivity index (χ3v) is 13.1. The molecule has 0 aromatic heterocycles. The second kappa shape index (κ2) is 22.5. The maximum absolute atomic E-state index is 14.4. The van der Waals surface area contributed by atoms with E-state index in [2.05, 4.69) is 0 Å². The summed E-state index contributed by atoms with van der Waals surface area (Å²) in [6, 6.07) is 0.781. The number of carbonyl (C=O) groups excluding carboxylic acids is 1. The zero-order valence-electron chi connectivity index (χ0n) is 36.8. The maximum Gasteiger partial charge on any atom is 0.460 e. The van der Waals surface area contributed by atoms with E-state index in [1.165, 1.54) is 0 Å². The predicted molar refractivity (Wildman–Crippen MR) is 192 cm³/mol. The first-order chi connectivity index (χ1) is 34.3. The molecular formula is C35H23F39O2S3. The Labute approximate surface area is 424 Å². The van der Waals surface area contributed by atoms with E-state index in [0.29, 0.717) is 19.1 Å². The zero-order valence-corrected chi connectivity index (χ0v) is 39.3. The van der Waals surface area contributed by atoms with Crippen LogP contribution in [0.2, 0.25) is 0 Å². The van der Waals surface area contributed by atoms with Crippen LogP contribution in [0.15, 0.2) is 12.1 Å². The topological polar surface area (TPSA) is 26.3 Å². The second-order valence-electron chi connectivity index (χ2n) is 15.7. The number of rotatable bonds is 28. The molecule has 0 bridgehead atoms. The lowest BCUT2D eigenvalue weighted by atomic mass is 9.93. The first kappa shape index (κ1) is 74.0. The Morgan fingerprint density at radius 2 is 0.532 bits per heavy atom. The van der Waals surface area contributed by atoms with Crippen LogP contribution in [0.4, 0.5) is 171 Å². The number of halogens is 39. The molecule has 44 heteroatoms. The van der Waals surface area contributed by atoms with Crippen LogP contribution in [-0.4, -0.2) is 131 Å². The van der Waals surface area contributed by atoms with Crippen molar-refractivity contribution in [1.29, 1.82) is 0 Å².